The summed E-state index contributed by atoms with van der Waals surface area (Å²) in [6, 6.07) is 7.59. The molecule has 2 N–H and O–H groups in total. The molecule has 0 aliphatic carbocycles. The SMILES string of the molecule is CCCC[C@@H]1CN(Cc2cccc(O)c2)C[C@H](C(C)C)O1.O=CO. The molecule has 0 aromatic heterocycles. The van der Waals surface area contributed by atoms with Crippen LogP contribution >= 0.6 is 0 Å². The zero-order valence-corrected chi connectivity index (χ0v) is 15.0. The van der Waals surface area contributed by atoms with Crippen LogP contribution in [0.4, 0.5) is 0 Å². The maximum atomic E-state index is 9.61. The molecular formula is C19H31NO4. The molecule has 0 unspecified atom stereocenters. The molecule has 1 heterocycles. The number of carboxylic acid groups (broad SMARTS) is 1. The van der Waals surface area contributed by atoms with Crippen molar-refractivity contribution in [2.24, 2.45) is 5.92 Å². The van der Waals surface area contributed by atoms with E-state index in [-0.39, 0.29) is 6.47 Å². The largest absolute Gasteiger partial charge is 0.508 e. The Kier molecular flexibility index (Phi) is 9.42. The van der Waals surface area contributed by atoms with E-state index in [9.17, 15) is 5.11 Å². The van der Waals surface area contributed by atoms with Gasteiger partial charge in [0.1, 0.15) is 5.75 Å². The minimum atomic E-state index is -0.250. The molecule has 5 heteroatoms. The van der Waals surface area contributed by atoms with Crippen LogP contribution in [-0.4, -0.2) is 46.9 Å². The lowest BCUT2D eigenvalue weighted by Crippen LogP contribution is -2.48. The van der Waals surface area contributed by atoms with Crippen molar-refractivity contribution in [3.8, 4) is 5.75 Å². The summed E-state index contributed by atoms with van der Waals surface area (Å²) in [6.07, 6.45) is 4.27. The number of hydrogen-bond donors (Lipinski definition) is 2. The molecule has 0 saturated carbocycles. The summed E-state index contributed by atoms with van der Waals surface area (Å²) in [6.45, 7) is 9.32. The third-order valence-electron chi connectivity index (χ3n) is 4.21. The Morgan fingerprint density at radius 2 is 2.08 bits per heavy atom. The highest BCUT2D eigenvalue weighted by Crippen LogP contribution is 2.23. The third-order valence-corrected chi connectivity index (χ3v) is 4.21. The highest BCUT2D eigenvalue weighted by molar-refractivity contribution is 5.32. The van der Waals surface area contributed by atoms with Crippen molar-refractivity contribution in [2.45, 2.75) is 58.8 Å². The molecule has 0 amide bonds. The van der Waals surface area contributed by atoms with E-state index in [0.717, 1.165) is 26.1 Å². The second kappa shape index (κ2) is 11.0. The molecular weight excluding hydrogens is 306 g/mol. The van der Waals surface area contributed by atoms with Gasteiger partial charge in [0.2, 0.25) is 0 Å². The number of aromatic hydroxyl groups is 1. The number of benzene rings is 1. The molecule has 2 atom stereocenters. The van der Waals surface area contributed by atoms with Crippen LogP contribution in [0.3, 0.4) is 0 Å². The first-order chi connectivity index (χ1) is 11.5. The Bertz CT molecular complexity index is 478. The average molecular weight is 337 g/mol. The zero-order chi connectivity index (χ0) is 17.9. The number of hydrogen-bond acceptors (Lipinski definition) is 4. The second-order valence-electron chi connectivity index (χ2n) is 6.65. The van der Waals surface area contributed by atoms with Crippen LogP contribution in [0.1, 0.15) is 45.6 Å². The Labute approximate surface area is 145 Å². The van der Waals surface area contributed by atoms with Crippen LogP contribution in [0.2, 0.25) is 0 Å². The van der Waals surface area contributed by atoms with Crippen molar-refractivity contribution < 1.29 is 19.7 Å². The highest BCUT2D eigenvalue weighted by Gasteiger charge is 2.29. The fraction of sp³-hybridized carbons (Fsp3) is 0.632. The zero-order valence-electron chi connectivity index (χ0n) is 15.0. The molecule has 0 bridgehead atoms. The number of unbranched alkanes of at least 4 members (excludes halogenated alkanes) is 1. The van der Waals surface area contributed by atoms with E-state index in [4.69, 9.17) is 14.6 Å². The molecule has 1 saturated heterocycles. The van der Waals surface area contributed by atoms with Gasteiger partial charge in [-0.25, -0.2) is 0 Å². The first-order valence-corrected chi connectivity index (χ1v) is 8.73. The van der Waals surface area contributed by atoms with E-state index >= 15 is 0 Å². The van der Waals surface area contributed by atoms with Crippen molar-refractivity contribution in [2.75, 3.05) is 13.1 Å². The molecule has 0 radical (unpaired) electrons. The summed E-state index contributed by atoms with van der Waals surface area (Å²) in [5.74, 6) is 0.893. The predicted octanol–water partition coefficient (Wildman–Crippen LogP) is 3.51. The van der Waals surface area contributed by atoms with Crippen molar-refractivity contribution in [3.05, 3.63) is 29.8 Å². The third kappa shape index (κ3) is 7.32. The fourth-order valence-corrected chi connectivity index (χ4v) is 2.95. The van der Waals surface area contributed by atoms with Gasteiger partial charge in [-0.1, -0.05) is 45.7 Å². The van der Waals surface area contributed by atoms with Crippen LogP contribution in [-0.2, 0) is 16.1 Å². The molecule has 0 spiro atoms. The van der Waals surface area contributed by atoms with Gasteiger partial charge in [0.15, 0.2) is 0 Å². The Morgan fingerprint density at radius 3 is 2.67 bits per heavy atom. The van der Waals surface area contributed by atoms with E-state index in [0.29, 0.717) is 23.9 Å². The van der Waals surface area contributed by atoms with E-state index in [1.165, 1.54) is 18.4 Å². The minimum absolute atomic E-state index is 0.250. The molecule has 136 valence electrons. The van der Waals surface area contributed by atoms with E-state index < -0.39 is 0 Å². The lowest BCUT2D eigenvalue weighted by atomic mass is 10.0. The molecule has 5 nitrogen and oxygen atoms in total. The van der Waals surface area contributed by atoms with Gasteiger partial charge in [-0.05, 0) is 30.0 Å². The number of phenolic OH excluding ortho intramolecular Hbond substituents is 1. The van der Waals surface area contributed by atoms with Crippen molar-refractivity contribution in [1.29, 1.82) is 0 Å². The summed E-state index contributed by atoms with van der Waals surface area (Å²) in [5, 5.41) is 16.5. The molecule has 2 rings (SSSR count). The summed E-state index contributed by atoms with van der Waals surface area (Å²) < 4.78 is 6.25. The van der Waals surface area contributed by atoms with Crippen LogP contribution in [0.25, 0.3) is 0 Å². The quantitative estimate of drug-likeness (QED) is 0.777. The molecule has 1 aliphatic heterocycles. The normalized spacial score (nSPS) is 21.2. The minimum Gasteiger partial charge on any atom is -0.508 e. The topological polar surface area (TPSA) is 70.0 Å². The van der Waals surface area contributed by atoms with E-state index in [1.54, 1.807) is 6.07 Å². The number of rotatable bonds is 6. The number of phenols is 1. The lowest BCUT2D eigenvalue weighted by molar-refractivity contribution is -0.122. The van der Waals surface area contributed by atoms with Crippen LogP contribution < -0.4 is 0 Å². The van der Waals surface area contributed by atoms with Crippen LogP contribution in [0.15, 0.2) is 24.3 Å². The highest BCUT2D eigenvalue weighted by atomic mass is 16.5. The first-order valence-electron chi connectivity index (χ1n) is 8.73. The molecule has 24 heavy (non-hydrogen) atoms. The average Bonchev–Trinajstić information content (AvgIpc) is 2.53. The van der Waals surface area contributed by atoms with Crippen molar-refractivity contribution >= 4 is 6.47 Å². The molecule has 1 fully saturated rings. The van der Waals surface area contributed by atoms with Crippen molar-refractivity contribution in [1.82, 2.24) is 4.90 Å². The number of carbonyl (C=O) groups is 1. The van der Waals surface area contributed by atoms with Crippen LogP contribution in [0.5, 0.6) is 5.75 Å². The van der Waals surface area contributed by atoms with Gasteiger partial charge < -0.3 is 14.9 Å². The Hall–Kier alpha value is -1.59. The number of ether oxygens (including phenoxy) is 1. The number of morpholine rings is 1. The second-order valence-corrected chi connectivity index (χ2v) is 6.65. The standard InChI is InChI=1S/C18H29NO2.CH2O2/c1-4-5-9-17-12-19(13-18(21-17)14(2)3)11-15-7-6-8-16(20)10-15;2-1-3/h6-8,10,14,17-18,20H,4-5,9,11-13H2,1-3H3;1H,(H,2,3)/t17-,18-;/m1./s1. The predicted molar refractivity (Wildman–Crippen MR) is 95.1 cm³/mol. The summed E-state index contributed by atoms with van der Waals surface area (Å²) >= 11 is 0. The number of nitrogens with zero attached hydrogens (tertiary/aromatic N) is 1. The smallest absolute Gasteiger partial charge is 0.290 e. The maximum Gasteiger partial charge on any atom is 0.290 e. The maximum absolute atomic E-state index is 9.61. The fourth-order valence-electron chi connectivity index (χ4n) is 2.95. The molecule has 1 aromatic rings. The van der Waals surface area contributed by atoms with E-state index in [1.807, 2.05) is 12.1 Å². The van der Waals surface area contributed by atoms with E-state index in [2.05, 4.69) is 31.7 Å². The van der Waals surface area contributed by atoms with Gasteiger partial charge in [0, 0.05) is 19.6 Å². The van der Waals surface area contributed by atoms with Gasteiger partial charge in [0.05, 0.1) is 12.2 Å². The van der Waals surface area contributed by atoms with Gasteiger partial charge in [-0.2, -0.15) is 0 Å². The summed E-state index contributed by atoms with van der Waals surface area (Å²) in [4.78, 5) is 10.8. The summed E-state index contributed by atoms with van der Waals surface area (Å²) in [7, 11) is 0. The van der Waals surface area contributed by atoms with Gasteiger partial charge >= 0.3 is 0 Å². The summed E-state index contributed by atoms with van der Waals surface area (Å²) in [5.41, 5.74) is 1.17. The monoisotopic (exact) mass is 337 g/mol. The molecule has 1 aliphatic rings. The Morgan fingerprint density at radius 1 is 1.38 bits per heavy atom. The first kappa shape index (κ1) is 20.5. The van der Waals surface area contributed by atoms with Gasteiger partial charge in [-0.15, -0.1) is 0 Å². The van der Waals surface area contributed by atoms with Crippen molar-refractivity contribution in [3.63, 3.8) is 0 Å². The molecule has 1 aromatic carbocycles. The van der Waals surface area contributed by atoms with Crippen LogP contribution in [0, 0.1) is 5.92 Å². The lowest BCUT2D eigenvalue weighted by Gasteiger charge is -2.40. The van der Waals surface area contributed by atoms with Gasteiger partial charge in [0.25, 0.3) is 6.47 Å². The van der Waals surface area contributed by atoms with Gasteiger partial charge in [-0.3, -0.25) is 9.69 Å². The Balaban J connectivity index is 0.000000891.